The highest BCUT2D eigenvalue weighted by molar-refractivity contribution is 7.70. The largest absolute Gasteiger partial charge is 0.493 e. The summed E-state index contributed by atoms with van der Waals surface area (Å²) in [6, 6.07) is 10.8. The molecule has 0 aliphatic carbocycles. The molecule has 0 atom stereocenters. The van der Waals surface area contributed by atoms with E-state index >= 15 is 0 Å². The van der Waals surface area contributed by atoms with Crippen molar-refractivity contribution in [3.63, 3.8) is 0 Å². The second-order valence-electron chi connectivity index (χ2n) is 6.56. The number of aromatic hydroxyl groups is 1. The van der Waals surface area contributed by atoms with Crippen LogP contribution in [-0.4, -0.2) is 33.2 Å². The van der Waals surface area contributed by atoms with Gasteiger partial charge in [-0.25, -0.2) is 4.98 Å². The predicted molar refractivity (Wildman–Crippen MR) is 102 cm³/mol. The molecule has 6 nitrogen and oxygen atoms in total. The number of hydrogen-bond acceptors (Lipinski definition) is 5. The highest BCUT2D eigenvalue weighted by Crippen LogP contribution is 2.37. The Hall–Kier alpha value is -2.90. The van der Waals surface area contributed by atoms with E-state index in [1.165, 1.54) is 4.68 Å². The van der Waals surface area contributed by atoms with E-state index in [1.807, 2.05) is 6.92 Å². The third-order valence-corrected chi connectivity index (χ3v) is 5.83. The number of pyridine rings is 1. The lowest BCUT2D eigenvalue weighted by atomic mass is 10.0. The topological polar surface area (TPSA) is 91.8 Å². The van der Waals surface area contributed by atoms with Crippen molar-refractivity contribution in [2.75, 3.05) is 13.3 Å². The van der Waals surface area contributed by atoms with E-state index in [2.05, 4.69) is 16.2 Å². The van der Waals surface area contributed by atoms with Gasteiger partial charge in [-0.05, 0) is 56.5 Å². The molecule has 2 heterocycles. The first-order valence-corrected chi connectivity index (χ1v) is 10.6. The van der Waals surface area contributed by atoms with Crippen LogP contribution in [-0.2, 0) is 4.57 Å². The summed E-state index contributed by atoms with van der Waals surface area (Å²) in [6.45, 7) is 7.08. The summed E-state index contributed by atoms with van der Waals surface area (Å²) in [5, 5.41) is 24.7. The molecule has 1 N–H and O–H groups in total. The van der Waals surface area contributed by atoms with Crippen molar-refractivity contribution in [3.8, 4) is 28.9 Å². The molecule has 0 radical (unpaired) electrons. The van der Waals surface area contributed by atoms with Gasteiger partial charge in [0.2, 0.25) is 5.88 Å². The third-order valence-electron chi connectivity index (χ3n) is 4.20. The van der Waals surface area contributed by atoms with Crippen LogP contribution in [0.15, 0.2) is 36.5 Å². The Morgan fingerprint density at radius 2 is 1.85 bits per heavy atom. The van der Waals surface area contributed by atoms with Crippen molar-refractivity contribution in [1.82, 2.24) is 14.8 Å². The van der Waals surface area contributed by atoms with Crippen molar-refractivity contribution in [1.29, 1.82) is 5.26 Å². The fraction of sp³-hybridized carbons (Fsp3) is 0.211. The minimum absolute atomic E-state index is 0.0250. The molecule has 0 saturated heterocycles. The van der Waals surface area contributed by atoms with Crippen LogP contribution in [0.25, 0.3) is 16.9 Å². The molecule has 3 rings (SSSR count). The van der Waals surface area contributed by atoms with E-state index in [1.54, 1.807) is 56.8 Å². The van der Waals surface area contributed by atoms with Crippen LogP contribution in [0.4, 0.5) is 0 Å². The van der Waals surface area contributed by atoms with Crippen LogP contribution in [0.3, 0.4) is 0 Å². The van der Waals surface area contributed by atoms with Crippen LogP contribution in [0.1, 0.15) is 16.8 Å². The molecule has 0 saturated carbocycles. The van der Waals surface area contributed by atoms with Crippen molar-refractivity contribution in [2.24, 2.45) is 0 Å². The number of rotatable bonds is 3. The molecule has 0 fully saturated rings. The highest BCUT2D eigenvalue weighted by Gasteiger charge is 2.20. The van der Waals surface area contributed by atoms with Gasteiger partial charge in [0.25, 0.3) is 0 Å². The lowest BCUT2D eigenvalue weighted by Gasteiger charge is -2.11. The number of nitrogens with zero attached hydrogens (tertiary/aromatic N) is 4. The minimum Gasteiger partial charge on any atom is -0.493 e. The Labute approximate surface area is 152 Å². The average Bonchev–Trinajstić information content (AvgIpc) is 2.88. The Bertz CT molecular complexity index is 1070. The Morgan fingerprint density at radius 1 is 1.19 bits per heavy atom. The Morgan fingerprint density at radius 3 is 2.38 bits per heavy atom. The zero-order chi connectivity index (χ0) is 19.1. The van der Waals surface area contributed by atoms with Crippen LogP contribution in [0.2, 0.25) is 0 Å². The highest BCUT2D eigenvalue weighted by atomic mass is 31.2. The summed E-state index contributed by atoms with van der Waals surface area (Å²) in [7, 11) is -2.42. The Kier molecular flexibility index (Phi) is 4.43. The molecule has 0 aliphatic heterocycles. The van der Waals surface area contributed by atoms with Gasteiger partial charge in [-0.2, -0.15) is 15.0 Å². The van der Waals surface area contributed by atoms with Gasteiger partial charge in [-0.15, -0.1) is 0 Å². The molecule has 0 amide bonds. The van der Waals surface area contributed by atoms with Crippen LogP contribution in [0, 0.1) is 25.2 Å². The maximum atomic E-state index is 12.3. The van der Waals surface area contributed by atoms with Crippen molar-refractivity contribution in [3.05, 3.63) is 53.3 Å². The van der Waals surface area contributed by atoms with E-state index in [4.69, 9.17) is 5.26 Å². The number of benzene rings is 1. The summed E-state index contributed by atoms with van der Waals surface area (Å²) in [6.07, 6.45) is 1.59. The first-order chi connectivity index (χ1) is 12.2. The maximum Gasteiger partial charge on any atom is 0.223 e. The lowest BCUT2D eigenvalue weighted by Crippen LogP contribution is -2.11. The van der Waals surface area contributed by atoms with Gasteiger partial charge in [0.05, 0.1) is 22.9 Å². The zero-order valence-corrected chi connectivity index (χ0v) is 16.0. The van der Waals surface area contributed by atoms with E-state index in [-0.39, 0.29) is 5.88 Å². The van der Waals surface area contributed by atoms with Gasteiger partial charge in [0.15, 0.2) is 5.82 Å². The maximum absolute atomic E-state index is 12.3. The molecule has 0 unspecified atom stereocenters. The fourth-order valence-corrected chi connectivity index (χ4v) is 4.19. The molecule has 7 heteroatoms. The molecule has 0 aliphatic rings. The molecule has 0 spiro atoms. The quantitative estimate of drug-likeness (QED) is 0.718. The molecule has 26 heavy (non-hydrogen) atoms. The summed E-state index contributed by atoms with van der Waals surface area (Å²) in [5.41, 5.74) is 3.40. The number of hydrogen-bond donors (Lipinski definition) is 1. The van der Waals surface area contributed by atoms with Gasteiger partial charge in [-0.1, -0.05) is 12.1 Å². The predicted octanol–water partition coefficient (Wildman–Crippen LogP) is 3.38. The SMILES string of the molecule is Cc1cc(-n2nc(C)c(-c3ccc(C#N)cc3)c2O)ncc1P(C)(C)=O. The van der Waals surface area contributed by atoms with Crippen LogP contribution < -0.4 is 5.30 Å². The normalized spacial score (nSPS) is 11.3. The number of aromatic nitrogens is 3. The van der Waals surface area contributed by atoms with E-state index in [0.717, 1.165) is 16.4 Å². The third kappa shape index (κ3) is 3.14. The van der Waals surface area contributed by atoms with E-state index in [9.17, 15) is 9.67 Å². The van der Waals surface area contributed by atoms with Gasteiger partial charge in [-0.3, -0.25) is 0 Å². The van der Waals surface area contributed by atoms with Gasteiger partial charge >= 0.3 is 0 Å². The summed E-state index contributed by atoms with van der Waals surface area (Å²) in [4.78, 5) is 4.34. The number of nitriles is 1. The summed E-state index contributed by atoms with van der Waals surface area (Å²) >= 11 is 0. The standard InChI is InChI=1S/C19H19N4O2P/c1-12-9-17(21-11-16(12)26(3,4)25)23-19(24)18(13(2)22-23)15-7-5-14(10-20)6-8-15/h5-9,11,24H,1-4H3. The van der Waals surface area contributed by atoms with Gasteiger partial charge < -0.3 is 9.67 Å². The lowest BCUT2D eigenvalue weighted by molar-refractivity contribution is 0.433. The Balaban J connectivity index is 2.09. The summed E-state index contributed by atoms with van der Waals surface area (Å²) < 4.78 is 13.7. The average molecular weight is 366 g/mol. The van der Waals surface area contributed by atoms with Crippen molar-refractivity contribution in [2.45, 2.75) is 13.8 Å². The second-order valence-corrected chi connectivity index (χ2v) is 9.75. The van der Waals surface area contributed by atoms with Crippen molar-refractivity contribution >= 4 is 12.4 Å². The summed E-state index contributed by atoms with van der Waals surface area (Å²) in [5.74, 6) is 0.434. The molecule has 2 aromatic heterocycles. The van der Waals surface area contributed by atoms with Gasteiger partial charge in [0.1, 0.15) is 7.14 Å². The van der Waals surface area contributed by atoms with E-state index in [0.29, 0.717) is 22.6 Å². The number of aryl methyl sites for hydroxylation is 2. The second kappa shape index (κ2) is 6.44. The van der Waals surface area contributed by atoms with Gasteiger partial charge in [0, 0.05) is 11.5 Å². The fourth-order valence-electron chi connectivity index (χ4n) is 2.94. The first kappa shape index (κ1) is 17.9. The first-order valence-electron chi connectivity index (χ1n) is 8.04. The molecule has 1 aromatic carbocycles. The van der Waals surface area contributed by atoms with E-state index < -0.39 is 7.14 Å². The molecular formula is C19H19N4O2P. The zero-order valence-electron chi connectivity index (χ0n) is 15.1. The monoisotopic (exact) mass is 366 g/mol. The van der Waals surface area contributed by atoms with Crippen LogP contribution in [0.5, 0.6) is 5.88 Å². The molecule has 132 valence electrons. The molecular weight excluding hydrogens is 347 g/mol. The molecule has 3 aromatic rings. The van der Waals surface area contributed by atoms with Crippen LogP contribution >= 0.6 is 7.14 Å². The smallest absolute Gasteiger partial charge is 0.223 e. The van der Waals surface area contributed by atoms with Crippen molar-refractivity contribution < 1.29 is 9.67 Å². The molecule has 0 bridgehead atoms. The minimum atomic E-state index is -2.42.